The third-order valence-corrected chi connectivity index (χ3v) is 5.01. The highest BCUT2D eigenvalue weighted by atomic mass is 16.3. The van der Waals surface area contributed by atoms with Crippen LogP contribution >= 0.6 is 0 Å². The van der Waals surface area contributed by atoms with Crippen LogP contribution in [0.25, 0.3) is 11.1 Å². The van der Waals surface area contributed by atoms with Crippen molar-refractivity contribution in [3.63, 3.8) is 0 Å². The molecule has 0 saturated carbocycles. The van der Waals surface area contributed by atoms with E-state index >= 15 is 0 Å². The van der Waals surface area contributed by atoms with Gasteiger partial charge in [-0.05, 0) is 50.9 Å². The quantitative estimate of drug-likeness (QED) is 0.807. The molecule has 1 saturated heterocycles. The van der Waals surface area contributed by atoms with Gasteiger partial charge in [-0.3, -0.25) is 4.79 Å². The summed E-state index contributed by atoms with van der Waals surface area (Å²) in [7, 11) is 0. The number of nitrogens with zero attached hydrogens (tertiary/aromatic N) is 2. The van der Waals surface area contributed by atoms with E-state index in [0.29, 0.717) is 29.6 Å². The van der Waals surface area contributed by atoms with Crippen LogP contribution in [0.3, 0.4) is 0 Å². The molecular weight excluding hydrogens is 314 g/mol. The Bertz CT molecular complexity index is 723. The fourth-order valence-corrected chi connectivity index (χ4v) is 3.41. The summed E-state index contributed by atoms with van der Waals surface area (Å²) < 4.78 is 5.74. The standard InChI is InChI=1S/C20H29N3O2/c1-14(2)20-22-17-9-8-16(13-18(17)25-20)19(24)21-10-6-12-23-11-5-4-7-15(23)3/h8-9,13-15H,4-7,10-12H2,1-3H3,(H,21,24)/t15-/m0/s1. The lowest BCUT2D eigenvalue weighted by Crippen LogP contribution is -2.39. The number of oxazole rings is 1. The topological polar surface area (TPSA) is 58.4 Å². The summed E-state index contributed by atoms with van der Waals surface area (Å²) in [6, 6.07) is 6.14. The van der Waals surface area contributed by atoms with E-state index in [1.54, 1.807) is 6.07 Å². The van der Waals surface area contributed by atoms with E-state index in [9.17, 15) is 4.79 Å². The molecule has 1 fully saturated rings. The van der Waals surface area contributed by atoms with Crippen molar-refractivity contribution in [3.05, 3.63) is 29.7 Å². The summed E-state index contributed by atoms with van der Waals surface area (Å²) in [6.45, 7) is 9.34. The molecule has 3 rings (SSSR count). The molecule has 2 heterocycles. The highest BCUT2D eigenvalue weighted by Gasteiger charge is 2.17. The van der Waals surface area contributed by atoms with Crippen molar-refractivity contribution >= 4 is 17.0 Å². The van der Waals surface area contributed by atoms with Crippen LogP contribution in [0.2, 0.25) is 0 Å². The van der Waals surface area contributed by atoms with E-state index in [1.807, 2.05) is 26.0 Å². The van der Waals surface area contributed by atoms with E-state index < -0.39 is 0 Å². The van der Waals surface area contributed by atoms with Gasteiger partial charge in [-0.15, -0.1) is 0 Å². The SMILES string of the molecule is CC(C)c1nc2ccc(C(=O)NCCCN3CCCC[C@@H]3C)cc2o1. The van der Waals surface area contributed by atoms with Gasteiger partial charge >= 0.3 is 0 Å². The Kier molecular flexibility index (Phi) is 5.74. The van der Waals surface area contributed by atoms with Crippen LogP contribution in [0.5, 0.6) is 0 Å². The maximum atomic E-state index is 12.4. The fraction of sp³-hybridized carbons (Fsp3) is 0.600. The molecule has 2 aromatic rings. The van der Waals surface area contributed by atoms with Gasteiger partial charge in [0.25, 0.3) is 5.91 Å². The average molecular weight is 343 g/mol. The normalized spacial score (nSPS) is 18.8. The number of amides is 1. The number of fused-ring (bicyclic) bond motifs is 1. The molecule has 0 bridgehead atoms. The molecule has 5 nitrogen and oxygen atoms in total. The number of aromatic nitrogens is 1. The first-order chi connectivity index (χ1) is 12.0. The lowest BCUT2D eigenvalue weighted by molar-refractivity contribution is 0.0949. The molecule has 1 aliphatic rings. The van der Waals surface area contributed by atoms with Gasteiger partial charge in [-0.25, -0.2) is 4.98 Å². The van der Waals surface area contributed by atoms with Crippen LogP contribution in [-0.2, 0) is 0 Å². The second-order valence-corrected chi connectivity index (χ2v) is 7.38. The van der Waals surface area contributed by atoms with Gasteiger partial charge in [0, 0.05) is 30.6 Å². The van der Waals surface area contributed by atoms with Crippen molar-refractivity contribution < 1.29 is 9.21 Å². The number of carbonyl (C=O) groups is 1. The molecule has 1 aromatic heterocycles. The van der Waals surface area contributed by atoms with Crippen LogP contribution in [0.15, 0.2) is 22.6 Å². The predicted octanol–water partition coefficient (Wildman–Crippen LogP) is 3.95. The summed E-state index contributed by atoms with van der Waals surface area (Å²) in [5.74, 6) is 0.904. The molecule has 1 aliphatic heterocycles. The predicted molar refractivity (Wildman–Crippen MR) is 99.9 cm³/mol. The number of carbonyl (C=O) groups excluding carboxylic acids is 1. The Hall–Kier alpha value is -1.88. The molecule has 0 radical (unpaired) electrons. The zero-order valence-corrected chi connectivity index (χ0v) is 15.5. The first-order valence-electron chi connectivity index (χ1n) is 9.47. The van der Waals surface area contributed by atoms with Crippen molar-refractivity contribution in [1.82, 2.24) is 15.2 Å². The number of hydrogen-bond acceptors (Lipinski definition) is 4. The molecule has 136 valence electrons. The van der Waals surface area contributed by atoms with Gasteiger partial charge in [0.2, 0.25) is 0 Å². The van der Waals surface area contributed by atoms with Crippen LogP contribution in [-0.4, -0.2) is 41.5 Å². The highest BCUT2D eigenvalue weighted by molar-refractivity contribution is 5.97. The lowest BCUT2D eigenvalue weighted by atomic mass is 10.0. The third-order valence-electron chi connectivity index (χ3n) is 5.01. The van der Waals surface area contributed by atoms with Crippen LogP contribution < -0.4 is 5.32 Å². The first-order valence-corrected chi connectivity index (χ1v) is 9.47. The summed E-state index contributed by atoms with van der Waals surface area (Å²) >= 11 is 0. The Labute approximate surface area is 149 Å². The third kappa shape index (κ3) is 4.40. The first kappa shape index (κ1) is 17.9. The molecule has 5 heteroatoms. The highest BCUT2D eigenvalue weighted by Crippen LogP contribution is 2.22. The molecule has 0 spiro atoms. The second-order valence-electron chi connectivity index (χ2n) is 7.38. The van der Waals surface area contributed by atoms with E-state index in [1.165, 1.54) is 25.8 Å². The molecule has 1 atom stereocenters. The molecule has 1 aromatic carbocycles. The minimum Gasteiger partial charge on any atom is -0.440 e. The van der Waals surface area contributed by atoms with Crippen molar-refractivity contribution in [1.29, 1.82) is 0 Å². The van der Waals surface area contributed by atoms with Gasteiger partial charge in [0.05, 0.1) is 0 Å². The fourth-order valence-electron chi connectivity index (χ4n) is 3.41. The monoisotopic (exact) mass is 343 g/mol. The number of piperidine rings is 1. The van der Waals surface area contributed by atoms with Crippen molar-refractivity contribution in [2.24, 2.45) is 0 Å². The number of rotatable bonds is 6. The van der Waals surface area contributed by atoms with Gasteiger partial charge < -0.3 is 14.6 Å². The van der Waals surface area contributed by atoms with Crippen LogP contribution in [0.4, 0.5) is 0 Å². The molecular formula is C20H29N3O2. The van der Waals surface area contributed by atoms with Crippen LogP contribution in [0, 0.1) is 0 Å². The van der Waals surface area contributed by atoms with Gasteiger partial charge in [0.1, 0.15) is 5.52 Å². The van der Waals surface area contributed by atoms with E-state index in [2.05, 4.69) is 22.1 Å². The number of benzene rings is 1. The van der Waals surface area contributed by atoms with Crippen molar-refractivity contribution in [3.8, 4) is 0 Å². The van der Waals surface area contributed by atoms with E-state index in [4.69, 9.17) is 4.42 Å². The Morgan fingerprint density at radius 2 is 2.24 bits per heavy atom. The summed E-state index contributed by atoms with van der Waals surface area (Å²) in [5, 5.41) is 3.02. The van der Waals surface area contributed by atoms with Crippen LogP contribution in [0.1, 0.15) is 68.6 Å². The van der Waals surface area contributed by atoms with Gasteiger partial charge in [-0.2, -0.15) is 0 Å². The molecule has 1 amide bonds. The van der Waals surface area contributed by atoms with Gasteiger partial charge in [-0.1, -0.05) is 20.3 Å². The smallest absolute Gasteiger partial charge is 0.251 e. The zero-order chi connectivity index (χ0) is 17.8. The Balaban J connectivity index is 1.51. The molecule has 0 unspecified atom stereocenters. The molecule has 1 N–H and O–H groups in total. The number of likely N-dealkylation sites (tertiary alicyclic amines) is 1. The van der Waals surface area contributed by atoms with Gasteiger partial charge in [0.15, 0.2) is 11.5 Å². The minimum absolute atomic E-state index is 0.0453. The van der Waals surface area contributed by atoms with Crippen molar-refractivity contribution in [2.45, 2.75) is 58.4 Å². The molecule has 0 aliphatic carbocycles. The summed E-state index contributed by atoms with van der Waals surface area (Å²) in [4.78, 5) is 19.3. The van der Waals surface area contributed by atoms with Crippen molar-refractivity contribution in [2.75, 3.05) is 19.6 Å². The number of nitrogens with one attached hydrogen (secondary N) is 1. The summed E-state index contributed by atoms with van der Waals surface area (Å²) in [5.41, 5.74) is 2.11. The lowest BCUT2D eigenvalue weighted by Gasteiger charge is -2.33. The Morgan fingerprint density at radius 1 is 1.40 bits per heavy atom. The van der Waals surface area contributed by atoms with E-state index in [-0.39, 0.29) is 11.8 Å². The minimum atomic E-state index is -0.0453. The number of hydrogen-bond donors (Lipinski definition) is 1. The summed E-state index contributed by atoms with van der Waals surface area (Å²) in [6.07, 6.45) is 4.92. The molecule has 25 heavy (non-hydrogen) atoms. The average Bonchev–Trinajstić information content (AvgIpc) is 3.03. The maximum Gasteiger partial charge on any atom is 0.251 e. The largest absolute Gasteiger partial charge is 0.440 e. The van der Waals surface area contributed by atoms with E-state index in [0.717, 1.165) is 18.5 Å². The Morgan fingerprint density at radius 3 is 3.00 bits per heavy atom. The second kappa shape index (κ2) is 8.00. The zero-order valence-electron chi connectivity index (χ0n) is 15.5. The maximum absolute atomic E-state index is 12.4.